The molecule has 1 saturated heterocycles. The van der Waals surface area contributed by atoms with Gasteiger partial charge in [0.2, 0.25) is 5.91 Å². The molecule has 0 aliphatic carbocycles. The Hall–Kier alpha value is -1.37. The second kappa shape index (κ2) is 9.94. The summed E-state index contributed by atoms with van der Waals surface area (Å²) in [6, 6.07) is 4.61. The molecule has 1 aliphatic rings. The maximum absolute atomic E-state index is 13.8. The monoisotopic (exact) mass is 373 g/mol. The number of hydrogen-bond acceptors (Lipinski definition) is 4. The van der Waals surface area contributed by atoms with Crippen molar-refractivity contribution in [2.75, 3.05) is 33.3 Å². The fourth-order valence-electron chi connectivity index (χ4n) is 2.90. The first-order chi connectivity index (χ1) is 11.5. The van der Waals surface area contributed by atoms with Gasteiger partial charge in [0.1, 0.15) is 0 Å². The van der Waals surface area contributed by atoms with Crippen LogP contribution >= 0.6 is 12.4 Å². The SMILES string of the molecule is CCC(C)C(N)C(=O)N1CCN(Cc2ccc(OC)c(F)c2)CC1.Cl. The number of carbonyl (C=O) groups is 1. The number of nitrogens with zero attached hydrogens (tertiary/aromatic N) is 2. The van der Waals surface area contributed by atoms with Crippen LogP contribution in [0, 0.1) is 11.7 Å². The number of piperazine rings is 1. The fourth-order valence-corrected chi connectivity index (χ4v) is 2.90. The maximum atomic E-state index is 13.8. The third-order valence-corrected chi connectivity index (χ3v) is 4.85. The topological polar surface area (TPSA) is 58.8 Å². The van der Waals surface area contributed by atoms with E-state index >= 15 is 0 Å². The number of rotatable bonds is 6. The second-order valence-corrected chi connectivity index (χ2v) is 6.48. The Morgan fingerprint density at radius 1 is 1.32 bits per heavy atom. The van der Waals surface area contributed by atoms with E-state index in [1.807, 2.05) is 24.8 Å². The van der Waals surface area contributed by atoms with Crippen LogP contribution < -0.4 is 10.5 Å². The van der Waals surface area contributed by atoms with E-state index in [1.165, 1.54) is 13.2 Å². The Morgan fingerprint density at radius 2 is 1.96 bits per heavy atom. The Balaban J connectivity index is 0.00000312. The van der Waals surface area contributed by atoms with E-state index in [-0.39, 0.29) is 35.8 Å². The molecular weight excluding hydrogens is 345 g/mol. The largest absolute Gasteiger partial charge is 0.494 e. The summed E-state index contributed by atoms with van der Waals surface area (Å²) in [6.07, 6.45) is 0.899. The quantitative estimate of drug-likeness (QED) is 0.831. The number of methoxy groups -OCH3 is 1. The maximum Gasteiger partial charge on any atom is 0.239 e. The highest BCUT2D eigenvalue weighted by Gasteiger charge is 2.27. The molecule has 1 amide bonds. The van der Waals surface area contributed by atoms with Gasteiger partial charge >= 0.3 is 0 Å². The normalized spacial score (nSPS) is 17.6. The zero-order valence-corrected chi connectivity index (χ0v) is 16.0. The first-order valence-corrected chi connectivity index (χ1v) is 8.55. The van der Waals surface area contributed by atoms with E-state index in [0.717, 1.165) is 25.1 Å². The average molecular weight is 374 g/mol. The van der Waals surface area contributed by atoms with Crippen molar-refractivity contribution in [3.63, 3.8) is 0 Å². The van der Waals surface area contributed by atoms with E-state index in [9.17, 15) is 9.18 Å². The number of ether oxygens (including phenoxy) is 1. The number of nitrogens with two attached hydrogens (primary N) is 1. The van der Waals surface area contributed by atoms with Crippen LogP contribution in [-0.4, -0.2) is 55.0 Å². The molecule has 5 nitrogen and oxygen atoms in total. The average Bonchev–Trinajstić information content (AvgIpc) is 2.60. The molecule has 1 aromatic rings. The molecule has 1 aromatic carbocycles. The van der Waals surface area contributed by atoms with E-state index in [2.05, 4.69) is 4.90 Å². The molecule has 0 spiro atoms. The minimum atomic E-state index is -0.419. The number of amides is 1. The smallest absolute Gasteiger partial charge is 0.239 e. The lowest BCUT2D eigenvalue weighted by molar-refractivity contribution is -0.135. The Bertz CT molecular complexity index is 565. The van der Waals surface area contributed by atoms with Crippen molar-refractivity contribution >= 4 is 18.3 Å². The summed E-state index contributed by atoms with van der Waals surface area (Å²) in [7, 11) is 1.46. The number of halogens is 2. The molecule has 2 unspecified atom stereocenters. The lowest BCUT2D eigenvalue weighted by Gasteiger charge is -2.36. The van der Waals surface area contributed by atoms with Crippen molar-refractivity contribution in [1.29, 1.82) is 0 Å². The van der Waals surface area contributed by atoms with Crippen LogP contribution in [0.25, 0.3) is 0 Å². The lowest BCUT2D eigenvalue weighted by Crippen LogP contribution is -2.54. The minimum Gasteiger partial charge on any atom is -0.494 e. The highest BCUT2D eigenvalue weighted by atomic mass is 35.5. The highest BCUT2D eigenvalue weighted by Crippen LogP contribution is 2.19. The van der Waals surface area contributed by atoms with E-state index in [4.69, 9.17) is 10.5 Å². The van der Waals surface area contributed by atoms with Gasteiger partial charge in [-0.3, -0.25) is 9.69 Å². The summed E-state index contributed by atoms with van der Waals surface area (Å²) >= 11 is 0. The van der Waals surface area contributed by atoms with Crippen LogP contribution in [0.3, 0.4) is 0 Å². The molecule has 2 N–H and O–H groups in total. The van der Waals surface area contributed by atoms with Gasteiger partial charge < -0.3 is 15.4 Å². The molecular formula is C18H29ClFN3O2. The van der Waals surface area contributed by atoms with Gasteiger partial charge in [-0.15, -0.1) is 12.4 Å². The van der Waals surface area contributed by atoms with Crippen molar-refractivity contribution in [1.82, 2.24) is 9.80 Å². The predicted octanol–water partition coefficient (Wildman–Crippen LogP) is 2.27. The van der Waals surface area contributed by atoms with Crippen molar-refractivity contribution in [3.8, 4) is 5.75 Å². The first-order valence-electron chi connectivity index (χ1n) is 8.55. The van der Waals surface area contributed by atoms with Crippen molar-refractivity contribution < 1.29 is 13.9 Å². The zero-order chi connectivity index (χ0) is 17.7. The van der Waals surface area contributed by atoms with Crippen molar-refractivity contribution in [2.24, 2.45) is 11.7 Å². The molecule has 0 saturated carbocycles. The van der Waals surface area contributed by atoms with Gasteiger partial charge in [0, 0.05) is 32.7 Å². The van der Waals surface area contributed by atoms with Gasteiger partial charge in [0.25, 0.3) is 0 Å². The molecule has 0 radical (unpaired) electrons. The third kappa shape index (κ3) is 5.56. The fraction of sp³-hybridized carbons (Fsp3) is 0.611. The molecule has 1 heterocycles. The van der Waals surface area contributed by atoms with Crippen LogP contribution in [0.5, 0.6) is 5.75 Å². The second-order valence-electron chi connectivity index (χ2n) is 6.48. The van der Waals surface area contributed by atoms with Gasteiger partial charge in [0.05, 0.1) is 13.2 Å². The van der Waals surface area contributed by atoms with Crippen LogP contribution in [0.4, 0.5) is 4.39 Å². The number of hydrogen-bond donors (Lipinski definition) is 1. The molecule has 2 atom stereocenters. The van der Waals surface area contributed by atoms with Gasteiger partial charge in [-0.25, -0.2) is 4.39 Å². The zero-order valence-electron chi connectivity index (χ0n) is 15.2. The molecule has 142 valence electrons. The summed E-state index contributed by atoms with van der Waals surface area (Å²) in [6.45, 7) is 7.60. The molecule has 25 heavy (non-hydrogen) atoms. The van der Waals surface area contributed by atoms with Crippen molar-refractivity contribution in [2.45, 2.75) is 32.9 Å². The van der Waals surface area contributed by atoms with E-state index in [1.54, 1.807) is 6.07 Å². The summed E-state index contributed by atoms with van der Waals surface area (Å²) in [4.78, 5) is 16.5. The van der Waals surface area contributed by atoms with Crippen LogP contribution in [0.2, 0.25) is 0 Å². The summed E-state index contributed by atoms with van der Waals surface area (Å²) < 4.78 is 18.7. The lowest BCUT2D eigenvalue weighted by atomic mass is 9.98. The summed E-state index contributed by atoms with van der Waals surface area (Å²) in [5.41, 5.74) is 6.95. The first kappa shape index (κ1) is 21.7. The molecule has 0 aromatic heterocycles. The number of carbonyl (C=O) groups excluding carboxylic acids is 1. The number of benzene rings is 1. The van der Waals surface area contributed by atoms with Gasteiger partial charge in [-0.2, -0.15) is 0 Å². The third-order valence-electron chi connectivity index (χ3n) is 4.85. The predicted molar refractivity (Wildman–Crippen MR) is 99.5 cm³/mol. The Morgan fingerprint density at radius 3 is 2.48 bits per heavy atom. The van der Waals surface area contributed by atoms with Crippen LogP contribution in [0.15, 0.2) is 18.2 Å². The van der Waals surface area contributed by atoms with Crippen molar-refractivity contribution in [3.05, 3.63) is 29.6 Å². The molecule has 2 rings (SSSR count). The molecule has 7 heteroatoms. The van der Waals surface area contributed by atoms with Crippen LogP contribution in [-0.2, 0) is 11.3 Å². The minimum absolute atomic E-state index is 0. The van der Waals surface area contributed by atoms with Gasteiger partial charge in [0.15, 0.2) is 11.6 Å². The van der Waals surface area contributed by atoms with Gasteiger partial charge in [-0.1, -0.05) is 26.3 Å². The van der Waals surface area contributed by atoms with E-state index in [0.29, 0.717) is 19.6 Å². The van der Waals surface area contributed by atoms with E-state index < -0.39 is 6.04 Å². The highest BCUT2D eigenvalue weighted by molar-refractivity contribution is 5.85. The van der Waals surface area contributed by atoms with Crippen LogP contribution in [0.1, 0.15) is 25.8 Å². The standard InChI is InChI=1S/C18H28FN3O2.ClH/c1-4-13(2)17(20)18(23)22-9-7-21(8-10-22)12-14-5-6-16(24-3)15(19)11-14;/h5-6,11,13,17H,4,7-10,12,20H2,1-3H3;1H. The van der Waals surface area contributed by atoms with Gasteiger partial charge in [-0.05, 0) is 23.6 Å². The summed E-state index contributed by atoms with van der Waals surface area (Å²) in [5.74, 6) is 0.147. The molecule has 1 aliphatic heterocycles. The molecule has 1 fully saturated rings. The Labute approximate surface area is 155 Å². The molecule has 0 bridgehead atoms. The Kier molecular flexibility index (Phi) is 8.62. The summed E-state index contributed by atoms with van der Waals surface area (Å²) in [5, 5.41) is 0.